The quantitative estimate of drug-likeness (QED) is 0.730. The Bertz CT molecular complexity index is 829. The third-order valence-electron chi connectivity index (χ3n) is 3.41. The van der Waals surface area contributed by atoms with E-state index in [2.05, 4.69) is 10.3 Å². The maximum Gasteiger partial charge on any atom is 0.416 e. The van der Waals surface area contributed by atoms with Gasteiger partial charge in [0.05, 0.1) is 5.56 Å². The summed E-state index contributed by atoms with van der Waals surface area (Å²) in [7, 11) is 1.80. The fraction of sp³-hybridized carbons (Fsp3) is 0.118. The molecule has 1 N–H and O–H groups in total. The van der Waals surface area contributed by atoms with Crippen molar-refractivity contribution in [3.05, 3.63) is 60.3 Å². The van der Waals surface area contributed by atoms with E-state index in [-0.39, 0.29) is 0 Å². The van der Waals surface area contributed by atoms with Crippen LogP contribution >= 0.6 is 0 Å². The molecule has 3 rings (SSSR count). The molecule has 0 atom stereocenters. The number of aromatic nitrogens is 1. The van der Waals surface area contributed by atoms with Crippen molar-refractivity contribution >= 4 is 16.6 Å². The normalized spacial score (nSPS) is 11.5. The lowest BCUT2D eigenvalue weighted by atomic mass is 10.1. The lowest BCUT2D eigenvalue weighted by Gasteiger charge is -2.12. The van der Waals surface area contributed by atoms with Crippen molar-refractivity contribution in [2.75, 3.05) is 12.4 Å². The molecule has 0 amide bonds. The summed E-state index contributed by atoms with van der Waals surface area (Å²) in [6.45, 7) is 0. The first kappa shape index (κ1) is 15.1. The van der Waals surface area contributed by atoms with Gasteiger partial charge in [0.15, 0.2) is 5.75 Å². The van der Waals surface area contributed by atoms with Gasteiger partial charge in [-0.2, -0.15) is 13.2 Å². The number of hydrogen-bond donors (Lipinski definition) is 1. The average Bonchev–Trinajstić information content (AvgIpc) is 2.55. The first-order chi connectivity index (χ1) is 11.0. The number of rotatable bonds is 3. The van der Waals surface area contributed by atoms with Crippen LogP contribution in [0.25, 0.3) is 10.9 Å². The standard InChI is InChI=1S/C17H13F3N2O/c1-21-14-8-9-15(16-13(14)3-2-10-22-16)23-12-6-4-11(5-7-12)17(18,19)20/h2-10,21H,1H3. The van der Waals surface area contributed by atoms with Crippen LogP contribution in [0, 0.1) is 0 Å². The smallest absolute Gasteiger partial charge is 0.416 e. The molecule has 0 aliphatic carbocycles. The van der Waals surface area contributed by atoms with Crippen molar-refractivity contribution in [3.8, 4) is 11.5 Å². The topological polar surface area (TPSA) is 34.1 Å². The van der Waals surface area contributed by atoms with Crippen molar-refractivity contribution in [1.82, 2.24) is 4.98 Å². The molecule has 118 valence electrons. The van der Waals surface area contributed by atoms with Crippen LogP contribution in [0.2, 0.25) is 0 Å². The van der Waals surface area contributed by atoms with E-state index in [0.717, 1.165) is 23.2 Å². The SMILES string of the molecule is CNc1ccc(Oc2ccc(C(F)(F)F)cc2)c2ncccc12. The highest BCUT2D eigenvalue weighted by Crippen LogP contribution is 2.34. The van der Waals surface area contributed by atoms with Gasteiger partial charge in [-0.15, -0.1) is 0 Å². The molecule has 1 heterocycles. The van der Waals surface area contributed by atoms with Crippen molar-refractivity contribution < 1.29 is 17.9 Å². The van der Waals surface area contributed by atoms with Crippen LogP contribution in [0.4, 0.5) is 18.9 Å². The minimum absolute atomic E-state index is 0.321. The Morgan fingerprint density at radius 3 is 2.39 bits per heavy atom. The zero-order valence-corrected chi connectivity index (χ0v) is 12.2. The Morgan fingerprint density at radius 2 is 1.74 bits per heavy atom. The molecule has 0 fully saturated rings. The average molecular weight is 318 g/mol. The first-order valence-corrected chi connectivity index (χ1v) is 6.89. The molecular formula is C17H13F3N2O. The summed E-state index contributed by atoms with van der Waals surface area (Å²) in [6.07, 6.45) is -2.72. The Hall–Kier alpha value is -2.76. The number of nitrogens with zero attached hydrogens (tertiary/aromatic N) is 1. The molecule has 3 nitrogen and oxygen atoms in total. The predicted octanol–water partition coefficient (Wildman–Crippen LogP) is 5.09. The molecule has 0 radical (unpaired) electrons. The fourth-order valence-electron chi connectivity index (χ4n) is 2.29. The summed E-state index contributed by atoms with van der Waals surface area (Å²) in [5.41, 5.74) is 0.825. The minimum atomic E-state index is -4.36. The molecule has 1 aromatic heterocycles. The van der Waals surface area contributed by atoms with Gasteiger partial charge in [-0.05, 0) is 48.5 Å². The minimum Gasteiger partial charge on any atom is -0.455 e. The highest BCUT2D eigenvalue weighted by atomic mass is 19.4. The van der Waals surface area contributed by atoms with Gasteiger partial charge in [0.2, 0.25) is 0 Å². The van der Waals surface area contributed by atoms with E-state index in [1.54, 1.807) is 19.3 Å². The Labute approximate surface area is 130 Å². The predicted molar refractivity (Wildman–Crippen MR) is 82.8 cm³/mol. The van der Waals surface area contributed by atoms with Crippen molar-refractivity contribution in [2.24, 2.45) is 0 Å². The van der Waals surface area contributed by atoms with Gasteiger partial charge >= 0.3 is 6.18 Å². The number of anilines is 1. The van der Waals surface area contributed by atoms with E-state index in [4.69, 9.17) is 4.74 Å². The van der Waals surface area contributed by atoms with Crippen LogP contribution in [-0.4, -0.2) is 12.0 Å². The molecule has 0 saturated carbocycles. The van der Waals surface area contributed by atoms with Gasteiger partial charge in [-0.3, -0.25) is 4.98 Å². The van der Waals surface area contributed by atoms with Gasteiger partial charge in [0.25, 0.3) is 0 Å². The fourth-order valence-corrected chi connectivity index (χ4v) is 2.29. The van der Waals surface area contributed by atoms with E-state index >= 15 is 0 Å². The second-order valence-corrected chi connectivity index (χ2v) is 4.89. The Balaban J connectivity index is 1.96. The highest BCUT2D eigenvalue weighted by molar-refractivity contribution is 5.95. The first-order valence-electron chi connectivity index (χ1n) is 6.89. The van der Waals surface area contributed by atoms with Crippen LogP contribution in [0.3, 0.4) is 0 Å². The Kier molecular flexibility index (Phi) is 3.82. The van der Waals surface area contributed by atoms with Crippen LogP contribution in [0.15, 0.2) is 54.7 Å². The Morgan fingerprint density at radius 1 is 1.00 bits per heavy atom. The lowest BCUT2D eigenvalue weighted by molar-refractivity contribution is -0.137. The van der Waals surface area contributed by atoms with Gasteiger partial charge in [-0.25, -0.2) is 0 Å². The second-order valence-electron chi connectivity index (χ2n) is 4.89. The molecule has 0 saturated heterocycles. The number of hydrogen-bond acceptors (Lipinski definition) is 3. The van der Waals surface area contributed by atoms with E-state index in [1.165, 1.54) is 12.1 Å². The highest BCUT2D eigenvalue weighted by Gasteiger charge is 2.30. The molecular weight excluding hydrogens is 305 g/mol. The second kappa shape index (κ2) is 5.79. The maximum atomic E-state index is 12.6. The van der Waals surface area contributed by atoms with E-state index in [9.17, 15) is 13.2 Å². The molecule has 0 spiro atoms. The molecule has 0 aliphatic rings. The van der Waals surface area contributed by atoms with Gasteiger partial charge in [-0.1, -0.05) is 0 Å². The van der Waals surface area contributed by atoms with Gasteiger partial charge in [0.1, 0.15) is 11.3 Å². The van der Waals surface area contributed by atoms with E-state index in [1.807, 2.05) is 18.2 Å². The summed E-state index contributed by atoms with van der Waals surface area (Å²) >= 11 is 0. The van der Waals surface area contributed by atoms with Gasteiger partial charge in [0, 0.05) is 24.3 Å². The van der Waals surface area contributed by atoms with Crippen LogP contribution in [0.5, 0.6) is 11.5 Å². The number of ether oxygens (including phenoxy) is 1. The van der Waals surface area contributed by atoms with Crippen LogP contribution < -0.4 is 10.1 Å². The van der Waals surface area contributed by atoms with Crippen molar-refractivity contribution in [1.29, 1.82) is 0 Å². The maximum absolute atomic E-state index is 12.6. The van der Waals surface area contributed by atoms with E-state index < -0.39 is 11.7 Å². The molecule has 0 bridgehead atoms. The summed E-state index contributed by atoms with van der Waals surface area (Å²) in [6, 6.07) is 11.9. The molecule has 3 aromatic rings. The lowest BCUT2D eigenvalue weighted by Crippen LogP contribution is -2.04. The monoisotopic (exact) mass is 318 g/mol. The van der Waals surface area contributed by atoms with Crippen molar-refractivity contribution in [3.63, 3.8) is 0 Å². The molecule has 6 heteroatoms. The van der Waals surface area contributed by atoms with Crippen LogP contribution in [0.1, 0.15) is 5.56 Å². The number of pyridine rings is 1. The third kappa shape index (κ3) is 3.06. The summed E-state index contributed by atoms with van der Waals surface area (Å²) < 4.78 is 43.4. The number of alkyl halides is 3. The number of fused-ring (bicyclic) bond motifs is 1. The summed E-state index contributed by atoms with van der Waals surface area (Å²) in [5.74, 6) is 0.807. The van der Waals surface area contributed by atoms with Crippen molar-refractivity contribution in [2.45, 2.75) is 6.18 Å². The van der Waals surface area contributed by atoms with Crippen LogP contribution in [-0.2, 0) is 6.18 Å². The summed E-state index contributed by atoms with van der Waals surface area (Å²) in [5, 5.41) is 3.94. The molecule has 23 heavy (non-hydrogen) atoms. The summed E-state index contributed by atoms with van der Waals surface area (Å²) in [4.78, 5) is 4.30. The molecule has 0 aliphatic heterocycles. The number of halogens is 3. The molecule has 2 aromatic carbocycles. The number of nitrogens with one attached hydrogen (secondary N) is 1. The zero-order valence-electron chi connectivity index (χ0n) is 12.2. The largest absolute Gasteiger partial charge is 0.455 e. The number of benzene rings is 2. The van der Waals surface area contributed by atoms with Gasteiger partial charge < -0.3 is 10.1 Å². The zero-order chi connectivity index (χ0) is 16.4. The van der Waals surface area contributed by atoms with E-state index in [0.29, 0.717) is 17.0 Å². The third-order valence-corrected chi connectivity index (χ3v) is 3.41. The molecule has 0 unspecified atom stereocenters.